The molecule has 0 aromatic heterocycles. The van der Waals surface area contributed by atoms with Gasteiger partial charge in [-0.25, -0.2) is 9.59 Å². The van der Waals surface area contributed by atoms with Crippen molar-refractivity contribution in [2.45, 2.75) is 25.3 Å². The van der Waals surface area contributed by atoms with Gasteiger partial charge in [-0.3, -0.25) is 4.79 Å². The summed E-state index contributed by atoms with van der Waals surface area (Å²) in [6, 6.07) is 7.58. The summed E-state index contributed by atoms with van der Waals surface area (Å²) in [4.78, 5) is 36.3. The van der Waals surface area contributed by atoms with E-state index in [4.69, 9.17) is 5.73 Å². The molecule has 0 radical (unpaired) electrons. The van der Waals surface area contributed by atoms with Gasteiger partial charge in [-0.15, -0.1) is 0 Å². The maximum absolute atomic E-state index is 12.3. The first-order chi connectivity index (χ1) is 11.0. The van der Waals surface area contributed by atoms with Crippen LogP contribution in [0.1, 0.15) is 18.4 Å². The Hall–Kier alpha value is -2.57. The number of hydrogen-bond donors (Lipinski definition) is 3. The third-order valence-electron chi connectivity index (χ3n) is 4.00. The minimum absolute atomic E-state index is 0.216. The number of carboxylic acid groups (broad SMARTS) is 1. The summed E-state index contributed by atoms with van der Waals surface area (Å²) in [6.07, 6.45) is 1.51. The average molecular weight is 319 g/mol. The third kappa shape index (κ3) is 4.70. The molecule has 1 saturated heterocycles. The minimum Gasteiger partial charge on any atom is -0.480 e. The molecule has 1 aliphatic rings. The number of carbonyl (C=O) groups excluding carboxylic acids is 2. The summed E-state index contributed by atoms with van der Waals surface area (Å²) < 4.78 is 0. The van der Waals surface area contributed by atoms with Gasteiger partial charge in [0.2, 0.25) is 5.91 Å². The third-order valence-corrected chi connectivity index (χ3v) is 4.00. The van der Waals surface area contributed by atoms with Gasteiger partial charge < -0.3 is 21.1 Å². The Kier molecular flexibility index (Phi) is 5.56. The lowest BCUT2D eigenvalue weighted by atomic mass is 9.96. The van der Waals surface area contributed by atoms with Crippen LogP contribution in [0.2, 0.25) is 0 Å². The number of hydrogen-bond acceptors (Lipinski definition) is 3. The van der Waals surface area contributed by atoms with Gasteiger partial charge in [0, 0.05) is 19.5 Å². The van der Waals surface area contributed by atoms with E-state index in [0.717, 1.165) is 5.56 Å². The molecule has 1 aromatic carbocycles. The Labute approximate surface area is 134 Å². The summed E-state index contributed by atoms with van der Waals surface area (Å²) in [7, 11) is 0. The molecule has 4 N–H and O–H groups in total. The summed E-state index contributed by atoms with van der Waals surface area (Å²) in [5.41, 5.74) is 6.08. The first kappa shape index (κ1) is 16.8. The Morgan fingerprint density at radius 3 is 2.61 bits per heavy atom. The van der Waals surface area contributed by atoms with Gasteiger partial charge in [0.25, 0.3) is 0 Å². The highest BCUT2D eigenvalue weighted by molar-refractivity contribution is 5.86. The summed E-state index contributed by atoms with van der Waals surface area (Å²) in [6.45, 7) is 0.768. The predicted molar refractivity (Wildman–Crippen MR) is 83.6 cm³/mol. The molecule has 23 heavy (non-hydrogen) atoms. The fraction of sp³-hybridized carbons (Fsp3) is 0.438. The van der Waals surface area contributed by atoms with E-state index in [9.17, 15) is 19.5 Å². The molecule has 3 amide bonds. The molecule has 0 saturated carbocycles. The Bertz CT molecular complexity index is 576. The van der Waals surface area contributed by atoms with Crippen molar-refractivity contribution in [2.24, 2.45) is 11.7 Å². The van der Waals surface area contributed by atoms with Crippen molar-refractivity contribution in [1.82, 2.24) is 10.2 Å². The van der Waals surface area contributed by atoms with Crippen LogP contribution in [0, 0.1) is 5.92 Å². The molecule has 1 aliphatic heterocycles. The van der Waals surface area contributed by atoms with Crippen molar-refractivity contribution in [3.8, 4) is 0 Å². The highest BCUT2D eigenvalue weighted by Gasteiger charge is 2.30. The monoisotopic (exact) mass is 319 g/mol. The zero-order chi connectivity index (χ0) is 16.8. The number of urea groups is 1. The first-order valence-electron chi connectivity index (χ1n) is 7.59. The molecule has 7 nitrogen and oxygen atoms in total. The summed E-state index contributed by atoms with van der Waals surface area (Å²) in [5, 5.41) is 11.9. The van der Waals surface area contributed by atoms with E-state index in [0.29, 0.717) is 19.4 Å². The zero-order valence-corrected chi connectivity index (χ0v) is 12.8. The fourth-order valence-corrected chi connectivity index (χ4v) is 2.73. The van der Waals surface area contributed by atoms with E-state index in [1.807, 2.05) is 30.3 Å². The molecular weight excluding hydrogens is 298 g/mol. The smallest absolute Gasteiger partial charge is 0.326 e. The van der Waals surface area contributed by atoms with Crippen LogP contribution < -0.4 is 11.1 Å². The van der Waals surface area contributed by atoms with E-state index >= 15 is 0 Å². The van der Waals surface area contributed by atoms with Gasteiger partial charge >= 0.3 is 12.0 Å². The molecule has 0 bridgehead atoms. The SMILES string of the molecule is NC(=O)N1CCC[C@@H](C(=O)N[C@@H](Cc2ccccc2)C(=O)O)C1. The normalized spacial score (nSPS) is 19.0. The fourth-order valence-electron chi connectivity index (χ4n) is 2.73. The van der Waals surface area contributed by atoms with Crippen molar-refractivity contribution in [3.63, 3.8) is 0 Å². The van der Waals surface area contributed by atoms with Crippen molar-refractivity contribution < 1.29 is 19.5 Å². The van der Waals surface area contributed by atoms with Crippen LogP contribution in [0.4, 0.5) is 4.79 Å². The van der Waals surface area contributed by atoms with Gasteiger partial charge in [0.05, 0.1) is 5.92 Å². The van der Waals surface area contributed by atoms with Crippen molar-refractivity contribution >= 4 is 17.9 Å². The number of primary amides is 1. The molecule has 0 spiro atoms. The molecule has 0 unspecified atom stereocenters. The largest absolute Gasteiger partial charge is 0.480 e. The Balaban J connectivity index is 1.98. The van der Waals surface area contributed by atoms with Gasteiger partial charge in [-0.1, -0.05) is 30.3 Å². The van der Waals surface area contributed by atoms with Crippen LogP contribution in [-0.2, 0) is 16.0 Å². The number of rotatable bonds is 5. The van der Waals surface area contributed by atoms with Crippen molar-refractivity contribution in [3.05, 3.63) is 35.9 Å². The number of piperidine rings is 1. The Morgan fingerprint density at radius 1 is 1.30 bits per heavy atom. The van der Waals surface area contributed by atoms with Gasteiger partial charge in [-0.05, 0) is 18.4 Å². The van der Waals surface area contributed by atoms with Crippen LogP contribution in [0.5, 0.6) is 0 Å². The molecule has 2 rings (SSSR count). The van der Waals surface area contributed by atoms with Gasteiger partial charge in [0.1, 0.15) is 6.04 Å². The average Bonchev–Trinajstić information content (AvgIpc) is 2.55. The quantitative estimate of drug-likeness (QED) is 0.737. The van der Waals surface area contributed by atoms with E-state index in [1.165, 1.54) is 4.90 Å². The van der Waals surface area contributed by atoms with Crippen molar-refractivity contribution in [1.29, 1.82) is 0 Å². The molecule has 7 heteroatoms. The van der Waals surface area contributed by atoms with Crippen molar-refractivity contribution in [2.75, 3.05) is 13.1 Å². The summed E-state index contributed by atoms with van der Waals surface area (Å²) in [5.74, 6) is -1.85. The van der Waals surface area contributed by atoms with E-state index in [-0.39, 0.29) is 18.9 Å². The molecule has 0 aliphatic carbocycles. The molecular formula is C16H21N3O4. The van der Waals surface area contributed by atoms with E-state index < -0.39 is 24.0 Å². The lowest BCUT2D eigenvalue weighted by Gasteiger charge is -2.31. The second-order valence-corrected chi connectivity index (χ2v) is 5.71. The Morgan fingerprint density at radius 2 is 2.00 bits per heavy atom. The van der Waals surface area contributed by atoms with Crippen LogP contribution in [0.15, 0.2) is 30.3 Å². The van der Waals surface area contributed by atoms with E-state index in [1.54, 1.807) is 0 Å². The van der Waals surface area contributed by atoms with Crippen LogP contribution in [0.3, 0.4) is 0 Å². The van der Waals surface area contributed by atoms with Crippen LogP contribution >= 0.6 is 0 Å². The minimum atomic E-state index is -1.08. The predicted octanol–water partition coefficient (Wildman–Crippen LogP) is 0.589. The van der Waals surface area contributed by atoms with Gasteiger partial charge in [-0.2, -0.15) is 0 Å². The molecule has 124 valence electrons. The number of carboxylic acids is 1. The standard InChI is InChI=1S/C16H21N3O4/c17-16(23)19-8-4-7-12(10-19)14(20)18-13(15(21)22)9-11-5-2-1-3-6-11/h1-3,5-6,12-13H,4,7-10H2,(H2,17,23)(H,18,20)(H,21,22)/t12-,13+/m1/s1. The molecule has 2 atom stereocenters. The lowest BCUT2D eigenvalue weighted by Crippen LogP contribution is -2.50. The number of amides is 3. The number of carbonyl (C=O) groups is 3. The second kappa shape index (κ2) is 7.62. The number of likely N-dealkylation sites (tertiary alicyclic amines) is 1. The van der Waals surface area contributed by atoms with Crippen LogP contribution in [-0.4, -0.2) is 47.0 Å². The number of nitrogens with one attached hydrogen (secondary N) is 1. The first-order valence-corrected chi connectivity index (χ1v) is 7.59. The second-order valence-electron chi connectivity index (χ2n) is 5.71. The maximum Gasteiger partial charge on any atom is 0.326 e. The molecule has 1 aromatic rings. The number of aliphatic carboxylic acids is 1. The highest BCUT2D eigenvalue weighted by atomic mass is 16.4. The number of nitrogens with zero attached hydrogens (tertiary/aromatic N) is 1. The van der Waals surface area contributed by atoms with E-state index in [2.05, 4.69) is 5.32 Å². The van der Waals surface area contributed by atoms with Gasteiger partial charge in [0.15, 0.2) is 0 Å². The van der Waals surface area contributed by atoms with Crippen LogP contribution in [0.25, 0.3) is 0 Å². The number of benzene rings is 1. The topological polar surface area (TPSA) is 113 Å². The molecule has 1 fully saturated rings. The molecule has 1 heterocycles. The highest BCUT2D eigenvalue weighted by Crippen LogP contribution is 2.17. The maximum atomic E-state index is 12.3. The zero-order valence-electron chi connectivity index (χ0n) is 12.8. The lowest BCUT2D eigenvalue weighted by molar-refractivity contribution is -0.142. The summed E-state index contributed by atoms with van der Waals surface area (Å²) >= 11 is 0. The number of nitrogens with two attached hydrogens (primary N) is 1.